The van der Waals surface area contributed by atoms with Crippen molar-refractivity contribution in [1.29, 1.82) is 0 Å². The van der Waals surface area contributed by atoms with E-state index in [-0.39, 0.29) is 17.5 Å². The Morgan fingerprint density at radius 3 is 2.09 bits per heavy atom. The summed E-state index contributed by atoms with van der Waals surface area (Å²) in [5.41, 5.74) is 6.03. The quantitative estimate of drug-likeness (QED) is 0.744. The van der Waals surface area contributed by atoms with Crippen LogP contribution in [0.15, 0.2) is 54.6 Å². The van der Waals surface area contributed by atoms with Crippen LogP contribution in [0.1, 0.15) is 26.3 Å². The van der Waals surface area contributed by atoms with Gasteiger partial charge in [-0.25, -0.2) is 4.79 Å². The van der Waals surface area contributed by atoms with E-state index in [2.05, 4.69) is 5.32 Å². The van der Waals surface area contributed by atoms with Crippen LogP contribution in [0, 0.1) is 0 Å². The van der Waals surface area contributed by atoms with Crippen molar-refractivity contribution in [2.75, 3.05) is 0 Å². The van der Waals surface area contributed by atoms with Crippen molar-refractivity contribution in [3.8, 4) is 0 Å². The van der Waals surface area contributed by atoms with Crippen molar-refractivity contribution in [2.45, 2.75) is 12.5 Å². The Morgan fingerprint density at radius 1 is 0.957 bits per heavy atom. The first-order chi connectivity index (χ1) is 11.0. The molecule has 0 fully saturated rings. The number of amides is 2. The van der Waals surface area contributed by atoms with Gasteiger partial charge in [-0.15, -0.1) is 0 Å². The van der Waals surface area contributed by atoms with Gasteiger partial charge in [0, 0.05) is 6.42 Å². The van der Waals surface area contributed by atoms with E-state index in [0.29, 0.717) is 0 Å². The summed E-state index contributed by atoms with van der Waals surface area (Å²) in [6, 6.07) is 14.0. The summed E-state index contributed by atoms with van der Waals surface area (Å²) in [6.45, 7) is 0. The number of carbonyl (C=O) groups excluding carboxylic acids is 2. The molecule has 0 aliphatic rings. The van der Waals surface area contributed by atoms with E-state index < -0.39 is 23.8 Å². The maximum Gasteiger partial charge on any atom is 0.336 e. The van der Waals surface area contributed by atoms with Crippen LogP contribution < -0.4 is 11.1 Å². The molecule has 6 heteroatoms. The molecule has 6 nitrogen and oxygen atoms in total. The van der Waals surface area contributed by atoms with Gasteiger partial charge in [-0.3, -0.25) is 9.59 Å². The number of nitrogens with one attached hydrogen (secondary N) is 1. The zero-order valence-corrected chi connectivity index (χ0v) is 12.2. The largest absolute Gasteiger partial charge is 0.478 e. The molecular weight excluding hydrogens is 296 g/mol. The van der Waals surface area contributed by atoms with Crippen LogP contribution in [0.4, 0.5) is 0 Å². The number of aromatic carboxylic acids is 1. The molecule has 0 unspecified atom stereocenters. The third-order valence-corrected chi connectivity index (χ3v) is 3.33. The molecule has 23 heavy (non-hydrogen) atoms. The van der Waals surface area contributed by atoms with Gasteiger partial charge in [0.05, 0.1) is 11.1 Å². The maximum absolute atomic E-state index is 12.3. The fourth-order valence-electron chi connectivity index (χ4n) is 2.18. The minimum atomic E-state index is -1.21. The second-order valence-corrected chi connectivity index (χ2v) is 4.97. The summed E-state index contributed by atoms with van der Waals surface area (Å²) in [4.78, 5) is 35.0. The molecule has 0 aliphatic carbocycles. The molecule has 2 amide bonds. The second-order valence-electron chi connectivity index (χ2n) is 4.97. The molecule has 0 aliphatic heterocycles. The van der Waals surface area contributed by atoms with Crippen molar-refractivity contribution in [2.24, 2.45) is 5.73 Å². The molecule has 0 saturated heterocycles. The van der Waals surface area contributed by atoms with Gasteiger partial charge in [-0.05, 0) is 17.7 Å². The van der Waals surface area contributed by atoms with Crippen LogP contribution in [0.3, 0.4) is 0 Å². The van der Waals surface area contributed by atoms with E-state index in [4.69, 9.17) is 10.8 Å². The summed E-state index contributed by atoms with van der Waals surface area (Å²) >= 11 is 0. The molecule has 0 spiro atoms. The molecule has 4 N–H and O–H groups in total. The number of primary amides is 1. The van der Waals surface area contributed by atoms with Gasteiger partial charge in [0.25, 0.3) is 5.91 Å². The maximum atomic E-state index is 12.3. The number of carbonyl (C=O) groups is 3. The van der Waals surface area contributed by atoms with Crippen molar-refractivity contribution in [1.82, 2.24) is 5.32 Å². The van der Waals surface area contributed by atoms with Crippen molar-refractivity contribution < 1.29 is 19.5 Å². The Hall–Kier alpha value is -3.15. The lowest BCUT2D eigenvalue weighted by Gasteiger charge is -2.16. The average Bonchev–Trinajstić information content (AvgIpc) is 2.55. The molecule has 0 bridgehead atoms. The van der Waals surface area contributed by atoms with Crippen LogP contribution >= 0.6 is 0 Å². The lowest BCUT2D eigenvalue weighted by molar-refractivity contribution is -0.119. The summed E-state index contributed by atoms with van der Waals surface area (Å²) < 4.78 is 0. The van der Waals surface area contributed by atoms with Crippen LogP contribution in [-0.2, 0) is 11.2 Å². The van der Waals surface area contributed by atoms with Crippen molar-refractivity contribution in [3.05, 3.63) is 71.3 Å². The Bertz CT molecular complexity index is 728. The summed E-state index contributed by atoms with van der Waals surface area (Å²) in [6.07, 6.45) is 0.233. The second kappa shape index (κ2) is 7.22. The molecule has 2 aromatic rings. The van der Waals surface area contributed by atoms with E-state index in [9.17, 15) is 14.4 Å². The van der Waals surface area contributed by atoms with E-state index in [1.165, 1.54) is 18.2 Å². The minimum absolute atomic E-state index is 0.0145. The zero-order chi connectivity index (χ0) is 16.8. The summed E-state index contributed by atoms with van der Waals surface area (Å²) in [5, 5.41) is 11.6. The van der Waals surface area contributed by atoms with E-state index in [0.717, 1.165) is 5.56 Å². The van der Waals surface area contributed by atoms with Crippen LogP contribution in [-0.4, -0.2) is 28.9 Å². The van der Waals surface area contributed by atoms with Crippen LogP contribution in [0.2, 0.25) is 0 Å². The predicted octanol–water partition coefficient (Wildman–Crippen LogP) is 1.21. The molecule has 0 heterocycles. The highest BCUT2D eigenvalue weighted by Crippen LogP contribution is 2.10. The number of benzene rings is 2. The van der Waals surface area contributed by atoms with E-state index in [1.54, 1.807) is 6.07 Å². The van der Waals surface area contributed by atoms with Crippen molar-refractivity contribution in [3.63, 3.8) is 0 Å². The van der Waals surface area contributed by atoms with Gasteiger partial charge in [-0.2, -0.15) is 0 Å². The number of hydrogen-bond acceptors (Lipinski definition) is 3. The lowest BCUT2D eigenvalue weighted by Crippen LogP contribution is -2.46. The molecule has 2 rings (SSSR count). The highest BCUT2D eigenvalue weighted by atomic mass is 16.4. The van der Waals surface area contributed by atoms with Crippen LogP contribution in [0.5, 0.6) is 0 Å². The fraction of sp³-hybridized carbons (Fsp3) is 0.118. The Kier molecular flexibility index (Phi) is 5.09. The van der Waals surface area contributed by atoms with Gasteiger partial charge >= 0.3 is 5.97 Å². The number of hydrogen-bond donors (Lipinski definition) is 3. The van der Waals surface area contributed by atoms with Crippen LogP contribution in [0.25, 0.3) is 0 Å². The number of rotatable bonds is 6. The molecule has 1 atom stereocenters. The highest BCUT2D eigenvalue weighted by Gasteiger charge is 2.22. The van der Waals surface area contributed by atoms with Crippen molar-refractivity contribution >= 4 is 17.8 Å². The molecule has 0 radical (unpaired) electrons. The Labute approximate surface area is 132 Å². The lowest BCUT2D eigenvalue weighted by atomic mass is 10.0. The molecular formula is C17H16N2O4. The van der Waals surface area contributed by atoms with Gasteiger partial charge in [-0.1, -0.05) is 42.5 Å². The van der Waals surface area contributed by atoms with E-state index in [1.807, 2.05) is 30.3 Å². The predicted molar refractivity (Wildman–Crippen MR) is 84.0 cm³/mol. The standard InChI is InChI=1S/C17H16N2O4/c18-15(20)14(10-11-6-2-1-3-7-11)19-16(21)12-8-4-5-9-13(12)17(22)23/h1-9,14H,10H2,(H2,18,20)(H,19,21)(H,22,23)/t14-/m0/s1. The summed E-state index contributed by atoms with van der Waals surface area (Å²) in [7, 11) is 0. The van der Waals surface area contributed by atoms with Gasteiger partial charge in [0.1, 0.15) is 6.04 Å². The molecule has 2 aromatic carbocycles. The minimum Gasteiger partial charge on any atom is -0.478 e. The Morgan fingerprint density at radius 2 is 1.52 bits per heavy atom. The zero-order valence-electron chi connectivity index (χ0n) is 12.2. The monoisotopic (exact) mass is 312 g/mol. The number of carboxylic acid groups (broad SMARTS) is 1. The Balaban J connectivity index is 2.19. The highest BCUT2D eigenvalue weighted by molar-refractivity contribution is 6.05. The number of carboxylic acids is 1. The molecule has 118 valence electrons. The first kappa shape index (κ1) is 16.2. The smallest absolute Gasteiger partial charge is 0.336 e. The SMILES string of the molecule is NC(=O)[C@H](Cc1ccccc1)NC(=O)c1ccccc1C(=O)O. The first-order valence-corrected chi connectivity index (χ1v) is 6.95. The number of nitrogens with two attached hydrogens (primary N) is 1. The molecule has 0 saturated carbocycles. The van der Waals surface area contributed by atoms with E-state index >= 15 is 0 Å². The van der Waals surface area contributed by atoms with Gasteiger partial charge < -0.3 is 16.2 Å². The molecule has 0 aromatic heterocycles. The van der Waals surface area contributed by atoms with Gasteiger partial charge in [0.2, 0.25) is 5.91 Å². The summed E-state index contributed by atoms with van der Waals surface area (Å²) in [5.74, 6) is -2.55. The third kappa shape index (κ3) is 4.16. The average molecular weight is 312 g/mol. The first-order valence-electron chi connectivity index (χ1n) is 6.95. The fourth-order valence-corrected chi connectivity index (χ4v) is 2.18. The third-order valence-electron chi connectivity index (χ3n) is 3.33. The topological polar surface area (TPSA) is 109 Å². The normalized spacial score (nSPS) is 11.5. The van der Waals surface area contributed by atoms with Gasteiger partial charge in [0.15, 0.2) is 0 Å².